The molecule has 6 nitrogen and oxygen atoms in total. The molecule has 1 fully saturated rings. The van der Waals surface area contributed by atoms with Crippen molar-refractivity contribution in [2.45, 2.75) is 13.0 Å². The van der Waals surface area contributed by atoms with Gasteiger partial charge in [0.15, 0.2) is 6.61 Å². The number of nitrogens with one attached hydrogen (secondary N) is 1. The zero-order chi connectivity index (χ0) is 16.2. The largest absolute Gasteiger partial charge is 0.484 e. The Morgan fingerprint density at radius 1 is 1.48 bits per heavy atom. The molecule has 1 aliphatic heterocycles. The lowest BCUT2D eigenvalue weighted by Gasteiger charge is -2.35. The Morgan fingerprint density at radius 3 is 2.96 bits per heavy atom. The molecule has 0 bridgehead atoms. The van der Waals surface area contributed by atoms with E-state index in [0.717, 1.165) is 11.3 Å². The smallest absolute Gasteiger partial charge is 0.261 e. The van der Waals surface area contributed by atoms with Crippen LogP contribution in [0.3, 0.4) is 0 Å². The fourth-order valence-electron chi connectivity index (χ4n) is 2.59. The number of carbonyl (C=O) groups excluding carboxylic acids is 1. The van der Waals surface area contributed by atoms with E-state index in [-0.39, 0.29) is 24.4 Å². The highest BCUT2D eigenvalue weighted by Gasteiger charge is 2.30. The summed E-state index contributed by atoms with van der Waals surface area (Å²) < 4.78 is 23.8. The molecular formula is C16H18FN3O3. The van der Waals surface area contributed by atoms with Crippen molar-refractivity contribution in [1.82, 2.24) is 15.1 Å². The Bertz CT molecular complexity index is 671. The predicted molar refractivity (Wildman–Crippen MR) is 80.5 cm³/mol. The summed E-state index contributed by atoms with van der Waals surface area (Å²) in [6.45, 7) is 3.24. The van der Waals surface area contributed by atoms with E-state index in [9.17, 15) is 9.18 Å². The maximum absolute atomic E-state index is 12.9. The van der Waals surface area contributed by atoms with E-state index in [0.29, 0.717) is 25.5 Å². The van der Waals surface area contributed by atoms with Gasteiger partial charge in [0.2, 0.25) is 0 Å². The second-order valence-electron chi connectivity index (χ2n) is 5.39. The number of ether oxygens (including phenoxy) is 2. The second-order valence-corrected chi connectivity index (χ2v) is 5.39. The highest BCUT2D eigenvalue weighted by Crippen LogP contribution is 2.25. The van der Waals surface area contributed by atoms with Crippen LogP contribution in [-0.2, 0) is 9.53 Å². The van der Waals surface area contributed by atoms with Gasteiger partial charge in [-0.3, -0.25) is 9.89 Å². The molecule has 7 heteroatoms. The van der Waals surface area contributed by atoms with Gasteiger partial charge in [-0.05, 0) is 36.8 Å². The lowest BCUT2D eigenvalue weighted by Crippen LogP contribution is -2.45. The monoisotopic (exact) mass is 319 g/mol. The zero-order valence-corrected chi connectivity index (χ0v) is 12.8. The minimum Gasteiger partial charge on any atom is -0.484 e. The number of hydrogen-bond acceptors (Lipinski definition) is 4. The molecule has 1 atom stereocenters. The Hall–Kier alpha value is -2.41. The highest BCUT2D eigenvalue weighted by atomic mass is 19.1. The van der Waals surface area contributed by atoms with Gasteiger partial charge in [0.25, 0.3) is 5.91 Å². The van der Waals surface area contributed by atoms with Crippen molar-refractivity contribution in [3.05, 3.63) is 47.5 Å². The van der Waals surface area contributed by atoms with Gasteiger partial charge in [0.1, 0.15) is 11.6 Å². The first-order chi connectivity index (χ1) is 11.1. The number of aryl methyl sites for hydroxylation is 1. The number of H-pyrrole nitrogens is 1. The van der Waals surface area contributed by atoms with Crippen LogP contribution in [0.1, 0.15) is 17.3 Å². The quantitative estimate of drug-likeness (QED) is 0.934. The number of nitrogens with zero attached hydrogens (tertiary/aromatic N) is 2. The summed E-state index contributed by atoms with van der Waals surface area (Å²) in [5.41, 5.74) is 1.86. The van der Waals surface area contributed by atoms with Crippen LogP contribution in [0.2, 0.25) is 0 Å². The van der Waals surface area contributed by atoms with Crippen molar-refractivity contribution in [1.29, 1.82) is 0 Å². The van der Waals surface area contributed by atoms with Crippen molar-refractivity contribution in [3.8, 4) is 5.75 Å². The Kier molecular flexibility index (Phi) is 4.57. The van der Waals surface area contributed by atoms with Gasteiger partial charge in [-0.15, -0.1) is 0 Å². The van der Waals surface area contributed by atoms with Crippen molar-refractivity contribution in [2.24, 2.45) is 0 Å². The fraction of sp³-hybridized carbons (Fsp3) is 0.375. The molecule has 0 spiro atoms. The minimum absolute atomic E-state index is 0.102. The summed E-state index contributed by atoms with van der Waals surface area (Å²) in [4.78, 5) is 14.2. The maximum Gasteiger partial charge on any atom is 0.261 e. The van der Waals surface area contributed by atoms with Gasteiger partial charge in [0, 0.05) is 6.54 Å². The van der Waals surface area contributed by atoms with Crippen molar-refractivity contribution >= 4 is 5.91 Å². The number of hydrogen-bond donors (Lipinski definition) is 1. The molecule has 1 aliphatic rings. The average molecular weight is 319 g/mol. The third-order valence-electron chi connectivity index (χ3n) is 3.83. The van der Waals surface area contributed by atoms with Crippen molar-refractivity contribution in [2.75, 3.05) is 26.4 Å². The van der Waals surface area contributed by atoms with Gasteiger partial charge in [-0.2, -0.15) is 5.10 Å². The van der Waals surface area contributed by atoms with Crippen molar-refractivity contribution < 1.29 is 18.7 Å². The number of aromatic amines is 1. The van der Waals surface area contributed by atoms with Crippen LogP contribution in [-0.4, -0.2) is 47.4 Å². The Labute approximate surface area is 133 Å². The fourth-order valence-corrected chi connectivity index (χ4v) is 2.59. The maximum atomic E-state index is 12.9. The second kappa shape index (κ2) is 6.78. The zero-order valence-electron chi connectivity index (χ0n) is 12.8. The summed E-state index contributed by atoms with van der Waals surface area (Å²) >= 11 is 0. The Morgan fingerprint density at radius 2 is 2.26 bits per heavy atom. The summed E-state index contributed by atoms with van der Waals surface area (Å²) in [5, 5.41) is 6.94. The number of benzene rings is 1. The van der Waals surface area contributed by atoms with E-state index in [1.54, 1.807) is 11.1 Å². The van der Waals surface area contributed by atoms with E-state index in [2.05, 4.69) is 10.2 Å². The number of carbonyl (C=O) groups is 1. The van der Waals surface area contributed by atoms with Gasteiger partial charge in [-0.1, -0.05) is 0 Å². The molecule has 0 unspecified atom stereocenters. The number of aromatic nitrogens is 2. The molecule has 1 saturated heterocycles. The lowest BCUT2D eigenvalue weighted by molar-refractivity contribution is -0.142. The molecule has 3 rings (SSSR count). The summed E-state index contributed by atoms with van der Waals surface area (Å²) in [5.74, 6) is -0.0226. The van der Waals surface area contributed by atoms with E-state index in [4.69, 9.17) is 9.47 Å². The van der Waals surface area contributed by atoms with Gasteiger partial charge < -0.3 is 14.4 Å². The molecule has 1 N–H and O–H groups in total. The standard InChI is InChI=1S/C16H18FN3O3/c1-11-8-18-19-16(11)14-9-22-7-6-20(14)15(21)10-23-13-4-2-12(17)3-5-13/h2-5,8,14H,6-7,9-10H2,1H3,(H,18,19)/t14-/m1/s1. The first kappa shape index (κ1) is 15.5. The number of morpholine rings is 1. The first-order valence-corrected chi connectivity index (χ1v) is 7.40. The van der Waals surface area contributed by atoms with Crippen LogP contribution in [0.5, 0.6) is 5.75 Å². The SMILES string of the molecule is Cc1cn[nH]c1[C@H]1COCCN1C(=O)COc1ccc(F)cc1. The molecule has 23 heavy (non-hydrogen) atoms. The summed E-state index contributed by atoms with van der Waals surface area (Å²) in [6, 6.07) is 5.39. The molecule has 2 aromatic rings. The Balaban J connectivity index is 1.66. The molecular weight excluding hydrogens is 301 g/mol. The molecule has 0 radical (unpaired) electrons. The van der Waals surface area contributed by atoms with Crippen LogP contribution in [0.25, 0.3) is 0 Å². The van der Waals surface area contributed by atoms with Gasteiger partial charge >= 0.3 is 0 Å². The summed E-state index contributed by atoms with van der Waals surface area (Å²) in [7, 11) is 0. The van der Waals surface area contributed by atoms with E-state index in [1.807, 2.05) is 6.92 Å². The van der Waals surface area contributed by atoms with Crippen LogP contribution in [0, 0.1) is 12.7 Å². The average Bonchev–Trinajstić information content (AvgIpc) is 3.00. The molecule has 2 heterocycles. The topological polar surface area (TPSA) is 67.5 Å². The normalized spacial score (nSPS) is 18.0. The van der Waals surface area contributed by atoms with E-state index < -0.39 is 0 Å². The van der Waals surface area contributed by atoms with E-state index in [1.165, 1.54) is 24.3 Å². The third kappa shape index (κ3) is 3.50. The number of amides is 1. The first-order valence-electron chi connectivity index (χ1n) is 7.40. The number of rotatable bonds is 4. The molecule has 1 aromatic carbocycles. The van der Waals surface area contributed by atoms with Crippen LogP contribution < -0.4 is 4.74 Å². The van der Waals surface area contributed by atoms with Crippen LogP contribution in [0.15, 0.2) is 30.5 Å². The molecule has 122 valence electrons. The van der Waals surface area contributed by atoms with Crippen LogP contribution in [0.4, 0.5) is 4.39 Å². The minimum atomic E-state index is -0.341. The van der Waals surface area contributed by atoms with Gasteiger partial charge in [-0.25, -0.2) is 4.39 Å². The third-order valence-corrected chi connectivity index (χ3v) is 3.83. The molecule has 0 saturated carbocycles. The van der Waals surface area contributed by atoms with E-state index >= 15 is 0 Å². The van der Waals surface area contributed by atoms with Gasteiger partial charge in [0.05, 0.1) is 31.1 Å². The molecule has 1 amide bonds. The van der Waals surface area contributed by atoms with Crippen LogP contribution >= 0.6 is 0 Å². The number of halogens is 1. The predicted octanol–water partition coefficient (Wildman–Crippen LogP) is 1.84. The van der Waals surface area contributed by atoms with Crippen molar-refractivity contribution in [3.63, 3.8) is 0 Å². The highest BCUT2D eigenvalue weighted by molar-refractivity contribution is 5.78. The summed E-state index contributed by atoms with van der Waals surface area (Å²) in [6.07, 6.45) is 1.72. The lowest BCUT2D eigenvalue weighted by atomic mass is 10.1. The molecule has 0 aliphatic carbocycles. The molecule has 1 aromatic heterocycles.